The molecule has 0 fully saturated rings. The third-order valence-corrected chi connectivity index (χ3v) is 1.85. The Morgan fingerprint density at radius 1 is 1.50 bits per heavy atom. The highest BCUT2D eigenvalue weighted by atomic mass is 16.4. The number of aryl methyl sites for hydroxylation is 1. The molecule has 0 saturated heterocycles. The van der Waals surface area contributed by atoms with Crippen molar-refractivity contribution in [2.24, 2.45) is 0 Å². The van der Waals surface area contributed by atoms with Crippen molar-refractivity contribution in [3.8, 4) is 0 Å². The van der Waals surface area contributed by atoms with Crippen LogP contribution < -0.4 is 5.32 Å². The van der Waals surface area contributed by atoms with Crippen molar-refractivity contribution in [1.29, 1.82) is 0 Å². The molecule has 0 aliphatic heterocycles. The zero-order valence-electron chi connectivity index (χ0n) is 8.47. The fraction of sp³-hybridized carbons (Fsp3) is 0.100. The number of oxazole rings is 1. The Morgan fingerprint density at radius 3 is 2.94 bits per heavy atom. The summed E-state index contributed by atoms with van der Waals surface area (Å²) in [5.41, 5.74) is 1.54. The zero-order chi connectivity index (χ0) is 11.5. The van der Waals surface area contributed by atoms with Gasteiger partial charge in [-0.25, -0.2) is 4.79 Å². The summed E-state index contributed by atoms with van der Waals surface area (Å²) in [6.45, 7) is 1.90. The predicted octanol–water partition coefficient (Wildman–Crippen LogP) is 1.82. The van der Waals surface area contributed by atoms with Gasteiger partial charge in [-0.2, -0.15) is 4.98 Å². The molecule has 0 saturated carbocycles. The Morgan fingerprint density at radius 2 is 2.31 bits per heavy atom. The first-order valence-electron chi connectivity index (χ1n) is 4.52. The summed E-state index contributed by atoms with van der Waals surface area (Å²) < 4.78 is 4.94. The maximum absolute atomic E-state index is 10.6. The highest BCUT2D eigenvalue weighted by molar-refractivity contribution is 5.85. The summed E-state index contributed by atoms with van der Waals surface area (Å²) >= 11 is 0. The number of carboxylic acids is 1. The third-order valence-electron chi connectivity index (χ3n) is 1.85. The Labute approximate surface area is 91.0 Å². The van der Waals surface area contributed by atoms with Crippen molar-refractivity contribution < 1.29 is 14.3 Å². The van der Waals surface area contributed by atoms with Gasteiger partial charge in [0.25, 0.3) is 6.01 Å². The van der Waals surface area contributed by atoms with Crippen molar-refractivity contribution in [1.82, 2.24) is 9.97 Å². The van der Waals surface area contributed by atoms with Crippen LogP contribution in [0.3, 0.4) is 0 Å². The molecule has 2 aromatic heterocycles. The number of aromatic carboxylic acids is 1. The molecule has 2 N–H and O–H groups in total. The van der Waals surface area contributed by atoms with Crippen LogP contribution in [0.2, 0.25) is 0 Å². The zero-order valence-corrected chi connectivity index (χ0v) is 8.47. The normalized spacial score (nSPS) is 10.1. The van der Waals surface area contributed by atoms with E-state index in [0.29, 0.717) is 5.69 Å². The van der Waals surface area contributed by atoms with Gasteiger partial charge in [0.05, 0.1) is 11.9 Å². The minimum atomic E-state index is -1.13. The molecule has 0 amide bonds. The number of anilines is 2. The molecule has 0 aliphatic rings. The predicted molar refractivity (Wildman–Crippen MR) is 55.7 cm³/mol. The lowest BCUT2D eigenvalue weighted by molar-refractivity contribution is 0.0690. The second kappa shape index (κ2) is 4.01. The van der Waals surface area contributed by atoms with E-state index in [1.807, 2.05) is 13.0 Å². The van der Waals surface area contributed by atoms with Gasteiger partial charge in [-0.1, -0.05) is 0 Å². The number of carboxylic acid groups (broad SMARTS) is 1. The third kappa shape index (κ3) is 2.17. The molecule has 0 radical (unpaired) electrons. The SMILES string of the molecule is Cc1cncc(Nc2nc(C(=O)O)co2)c1. The van der Waals surface area contributed by atoms with Gasteiger partial charge in [-0.05, 0) is 18.6 Å². The second-order valence-electron chi connectivity index (χ2n) is 3.22. The second-order valence-corrected chi connectivity index (χ2v) is 3.22. The van der Waals surface area contributed by atoms with Crippen LogP contribution in [0.25, 0.3) is 0 Å². The largest absolute Gasteiger partial charge is 0.476 e. The molecular formula is C10H9N3O3. The Kier molecular flexibility index (Phi) is 2.55. The molecule has 16 heavy (non-hydrogen) atoms. The minimum Gasteiger partial charge on any atom is -0.476 e. The van der Waals surface area contributed by atoms with E-state index in [9.17, 15) is 4.79 Å². The summed E-state index contributed by atoms with van der Waals surface area (Å²) in [4.78, 5) is 18.3. The lowest BCUT2D eigenvalue weighted by atomic mass is 10.3. The van der Waals surface area contributed by atoms with E-state index in [0.717, 1.165) is 11.8 Å². The fourth-order valence-corrected chi connectivity index (χ4v) is 1.18. The summed E-state index contributed by atoms with van der Waals surface area (Å²) in [7, 11) is 0. The Balaban J connectivity index is 2.17. The lowest BCUT2D eigenvalue weighted by Crippen LogP contribution is -1.97. The highest BCUT2D eigenvalue weighted by Crippen LogP contribution is 2.15. The standard InChI is InChI=1S/C10H9N3O3/c1-6-2-7(4-11-3-6)12-10-13-8(5-16-10)9(14)15/h2-5H,1H3,(H,12,13)(H,14,15). The molecule has 0 aliphatic carbocycles. The number of nitrogens with one attached hydrogen (secondary N) is 1. The smallest absolute Gasteiger partial charge is 0.357 e. The van der Waals surface area contributed by atoms with Crippen LogP contribution in [0.15, 0.2) is 29.1 Å². The van der Waals surface area contributed by atoms with Gasteiger partial charge < -0.3 is 14.8 Å². The van der Waals surface area contributed by atoms with Crippen LogP contribution >= 0.6 is 0 Å². The molecule has 0 spiro atoms. The van der Waals surface area contributed by atoms with Crippen molar-refractivity contribution in [2.75, 3.05) is 5.32 Å². The molecule has 0 bridgehead atoms. The van der Waals surface area contributed by atoms with Gasteiger partial charge in [-0.3, -0.25) is 4.98 Å². The number of hydrogen-bond acceptors (Lipinski definition) is 5. The van der Waals surface area contributed by atoms with Crippen LogP contribution in [-0.4, -0.2) is 21.0 Å². The van der Waals surface area contributed by atoms with Crippen LogP contribution in [0.1, 0.15) is 16.1 Å². The van der Waals surface area contributed by atoms with Gasteiger partial charge >= 0.3 is 5.97 Å². The lowest BCUT2D eigenvalue weighted by Gasteiger charge is -2.00. The van der Waals surface area contributed by atoms with E-state index < -0.39 is 5.97 Å². The van der Waals surface area contributed by atoms with E-state index in [4.69, 9.17) is 9.52 Å². The first-order valence-corrected chi connectivity index (χ1v) is 4.52. The maximum atomic E-state index is 10.6. The molecule has 6 heteroatoms. The molecule has 0 unspecified atom stereocenters. The molecule has 0 aromatic carbocycles. The summed E-state index contributed by atoms with van der Waals surface area (Å²) in [5.74, 6) is -1.13. The van der Waals surface area contributed by atoms with Gasteiger partial charge in [0.1, 0.15) is 6.26 Å². The van der Waals surface area contributed by atoms with Gasteiger partial charge in [0.2, 0.25) is 0 Å². The molecule has 0 atom stereocenters. The Hall–Kier alpha value is -2.37. The monoisotopic (exact) mass is 219 g/mol. The fourth-order valence-electron chi connectivity index (χ4n) is 1.18. The molecule has 6 nitrogen and oxygen atoms in total. The summed E-state index contributed by atoms with van der Waals surface area (Å²) in [6.07, 6.45) is 4.38. The number of aromatic nitrogens is 2. The maximum Gasteiger partial charge on any atom is 0.357 e. The van der Waals surface area contributed by atoms with E-state index in [2.05, 4.69) is 15.3 Å². The number of nitrogens with zero attached hydrogens (tertiary/aromatic N) is 2. The highest BCUT2D eigenvalue weighted by Gasteiger charge is 2.10. The van der Waals surface area contributed by atoms with Crippen molar-refractivity contribution in [2.45, 2.75) is 6.92 Å². The molecule has 2 rings (SSSR count). The molecular weight excluding hydrogens is 210 g/mol. The van der Waals surface area contributed by atoms with Crippen molar-refractivity contribution in [3.05, 3.63) is 36.0 Å². The van der Waals surface area contributed by atoms with E-state index >= 15 is 0 Å². The number of hydrogen-bond donors (Lipinski definition) is 2. The van der Waals surface area contributed by atoms with Gasteiger partial charge in [0.15, 0.2) is 5.69 Å². The van der Waals surface area contributed by atoms with E-state index in [1.54, 1.807) is 12.4 Å². The number of pyridine rings is 1. The first-order chi connectivity index (χ1) is 7.65. The molecule has 2 aromatic rings. The average molecular weight is 219 g/mol. The summed E-state index contributed by atoms with van der Waals surface area (Å²) in [5, 5.41) is 11.5. The van der Waals surface area contributed by atoms with E-state index in [1.165, 1.54) is 0 Å². The van der Waals surface area contributed by atoms with Crippen molar-refractivity contribution in [3.63, 3.8) is 0 Å². The van der Waals surface area contributed by atoms with Crippen LogP contribution in [0.4, 0.5) is 11.7 Å². The van der Waals surface area contributed by atoms with E-state index in [-0.39, 0.29) is 11.7 Å². The quantitative estimate of drug-likeness (QED) is 0.818. The van der Waals surface area contributed by atoms with Crippen LogP contribution in [0, 0.1) is 6.92 Å². The molecule has 2 heterocycles. The average Bonchev–Trinajstić information content (AvgIpc) is 2.66. The van der Waals surface area contributed by atoms with Gasteiger partial charge in [0, 0.05) is 6.20 Å². The number of rotatable bonds is 3. The minimum absolute atomic E-state index is 0.129. The van der Waals surface area contributed by atoms with Gasteiger partial charge in [-0.15, -0.1) is 0 Å². The van der Waals surface area contributed by atoms with Crippen LogP contribution in [0.5, 0.6) is 0 Å². The Bertz CT molecular complexity index is 522. The summed E-state index contributed by atoms with van der Waals surface area (Å²) in [6, 6.07) is 1.97. The molecule has 82 valence electrons. The van der Waals surface area contributed by atoms with Crippen LogP contribution in [-0.2, 0) is 0 Å². The number of carbonyl (C=O) groups is 1. The topological polar surface area (TPSA) is 88.2 Å². The van der Waals surface area contributed by atoms with Crippen molar-refractivity contribution >= 4 is 17.7 Å². The first kappa shape index (κ1) is 10.2.